The predicted octanol–water partition coefficient (Wildman–Crippen LogP) is 2.77. The number of phenolic OH excluding ortho intramolecular Hbond substituents is 3. The number of hydrogen-bond donors (Lipinski definition) is 6. The minimum Gasteiger partial charge on any atom is -0.508 e. The molecule has 0 unspecified atom stereocenters. The summed E-state index contributed by atoms with van der Waals surface area (Å²) in [5.74, 6) is -1.74. The molecule has 0 aliphatic rings. The molecule has 0 saturated carbocycles. The number of primary amides is 1. The highest BCUT2D eigenvalue weighted by Crippen LogP contribution is 2.32. The Morgan fingerprint density at radius 2 is 1.93 bits per heavy atom. The largest absolute Gasteiger partial charge is 0.508 e. The summed E-state index contributed by atoms with van der Waals surface area (Å²) >= 11 is 5.93. The number of aliphatic imine (C=N–C) groups is 1. The van der Waals surface area contributed by atoms with E-state index in [-0.39, 0.29) is 28.5 Å². The van der Waals surface area contributed by atoms with E-state index in [4.69, 9.17) is 17.3 Å². The molecule has 0 radical (unpaired) electrons. The smallest absolute Gasteiger partial charge is 0.256 e. The third-order valence-corrected chi connectivity index (χ3v) is 3.76. The number of amides is 1. The summed E-state index contributed by atoms with van der Waals surface area (Å²) < 4.78 is 0. The third kappa shape index (κ3) is 3.93. The average Bonchev–Trinajstić information content (AvgIpc) is 2.96. The van der Waals surface area contributed by atoms with Crippen LogP contribution in [-0.4, -0.2) is 37.6 Å². The molecule has 9 nitrogen and oxygen atoms in total. The molecule has 10 heteroatoms. The molecule has 1 heterocycles. The van der Waals surface area contributed by atoms with E-state index in [1.54, 1.807) is 24.3 Å². The van der Waals surface area contributed by atoms with Crippen LogP contribution in [0.4, 0.5) is 17.3 Å². The van der Waals surface area contributed by atoms with Gasteiger partial charge in [0.2, 0.25) is 0 Å². The number of nitrogens with two attached hydrogens (primary N) is 1. The normalized spacial score (nSPS) is 11.0. The number of carbonyl (C=O) groups excluding carboxylic acids is 1. The zero-order valence-corrected chi connectivity index (χ0v) is 14.4. The standard InChI is InChI=1S/C17H14ClN5O4/c18-8-2-1-3-9(4-8)21-17-14(15(19)27)16(22-23-17)20-7-11-12(25)5-10(24)6-13(11)26/h1-7,24-26H,(H2,19,27)(H2,21,22,23)/b20-7+. The maximum Gasteiger partial charge on any atom is 0.256 e. The highest BCUT2D eigenvalue weighted by molar-refractivity contribution is 6.30. The van der Waals surface area contributed by atoms with Crippen molar-refractivity contribution in [1.29, 1.82) is 0 Å². The van der Waals surface area contributed by atoms with Crippen molar-refractivity contribution in [3.8, 4) is 17.2 Å². The van der Waals surface area contributed by atoms with Crippen LogP contribution in [0.2, 0.25) is 5.02 Å². The maximum atomic E-state index is 11.8. The second-order valence-corrected chi connectivity index (χ2v) is 5.89. The lowest BCUT2D eigenvalue weighted by atomic mass is 10.2. The van der Waals surface area contributed by atoms with E-state index >= 15 is 0 Å². The third-order valence-electron chi connectivity index (χ3n) is 3.52. The molecule has 0 fully saturated rings. The minimum absolute atomic E-state index is 0.0129. The van der Waals surface area contributed by atoms with E-state index in [1.807, 2.05) is 0 Å². The number of halogens is 1. The number of rotatable bonds is 5. The van der Waals surface area contributed by atoms with Gasteiger partial charge in [0, 0.05) is 29.1 Å². The molecule has 0 atom stereocenters. The molecule has 138 valence electrons. The summed E-state index contributed by atoms with van der Waals surface area (Å²) in [6.07, 6.45) is 1.10. The lowest BCUT2D eigenvalue weighted by Crippen LogP contribution is -2.12. The molecule has 0 bridgehead atoms. The van der Waals surface area contributed by atoms with Gasteiger partial charge in [-0.15, -0.1) is 0 Å². The van der Waals surface area contributed by atoms with E-state index in [0.29, 0.717) is 10.7 Å². The molecule has 3 aromatic rings. The maximum absolute atomic E-state index is 11.8. The summed E-state index contributed by atoms with van der Waals surface area (Å²) in [5.41, 5.74) is 5.93. The Morgan fingerprint density at radius 1 is 1.22 bits per heavy atom. The van der Waals surface area contributed by atoms with Crippen molar-refractivity contribution >= 4 is 41.0 Å². The number of carbonyl (C=O) groups is 1. The number of nitrogens with one attached hydrogen (secondary N) is 2. The predicted molar refractivity (Wildman–Crippen MR) is 101 cm³/mol. The van der Waals surface area contributed by atoms with Gasteiger partial charge in [-0.3, -0.25) is 9.89 Å². The molecule has 1 amide bonds. The van der Waals surface area contributed by atoms with Crippen LogP contribution in [0.1, 0.15) is 15.9 Å². The number of nitrogens with zero attached hydrogens (tertiary/aromatic N) is 2. The highest BCUT2D eigenvalue weighted by atomic mass is 35.5. The number of phenols is 3. The summed E-state index contributed by atoms with van der Waals surface area (Å²) in [6.45, 7) is 0. The van der Waals surface area contributed by atoms with Crippen molar-refractivity contribution in [2.75, 3.05) is 5.32 Å². The Balaban J connectivity index is 1.95. The molecule has 0 spiro atoms. The molecule has 2 aromatic carbocycles. The van der Waals surface area contributed by atoms with Gasteiger partial charge in [-0.1, -0.05) is 17.7 Å². The monoisotopic (exact) mass is 387 g/mol. The first kappa shape index (κ1) is 18.1. The molecular formula is C17H14ClN5O4. The van der Waals surface area contributed by atoms with Crippen LogP contribution in [0.5, 0.6) is 17.2 Å². The Labute approximate surface area is 157 Å². The van der Waals surface area contributed by atoms with Crippen molar-refractivity contribution in [3.63, 3.8) is 0 Å². The lowest BCUT2D eigenvalue weighted by molar-refractivity contribution is 0.100. The fourth-order valence-corrected chi connectivity index (χ4v) is 2.51. The van der Waals surface area contributed by atoms with E-state index in [0.717, 1.165) is 18.3 Å². The van der Waals surface area contributed by atoms with Gasteiger partial charge in [-0.25, -0.2) is 4.99 Å². The fourth-order valence-electron chi connectivity index (χ4n) is 2.32. The second kappa shape index (κ2) is 7.26. The van der Waals surface area contributed by atoms with E-state index in [9.17, 15) is 20.1 Å². The van der Waals surface area contributed by atoms with Crippen molar-refractivity contribution in [2.45, 2.75) is 0 Å². The fraction of sp³-hybridized carbons (Fsp3) is 0. The van der Waals surface area contributed by atoms with Crippen LogP contribution in [-0.2, 0) is 0 Å². The quantitative estimate of drug-likeness (QED) is 0.369. The van der Waals surface area contributed by atoms with Crippen LogP contribution in [0.3, 0.4) is 0 Å². The number of aromatic amines is 1. The van der Waals surface area contributed by atoms with E-state index in [2.05, 4.69) is 20.5 Å². The lowest BCUT2D eigenvalue weighted by Gasteiger charge is -2.05. The molecule has 0 aliphatic carbocycles. The molecule has 3 rings (SSSR count). The van der Waals surface area contributed by atoms with Crippen LogP contribution >= 0.6 is 11.6 Å². The van der Waals surface area contributed by atoms with Crippen LogP contribution in [0.15, 0.2) is 41.4 Å². The van der Waals surface area contributed by atoms with Gasteiger partial charge in [0.05, 0.1) is 5.56 Å². The molecular weight excluding hydrogens is 374 g/mol. The Bertz CT molecular complexity index is 1020. The van der Waals surface area contributed by atoms with E-state index < -0.39 is 17.4 Å². The second-order valence-electron chi connectivity index (χ2n) is 5.45. The zero-order valence-electron chi connectivity index (χ0n) is 13.6. The first-order valence-electron chi connectivity index (χ1n) is 7.55. The van der Waals surface area contributed by atoms with Gasteiger partial charge in [-0.2, -0.15) is 5.10 Å². The van der Waals surface area contributed by atoms with Gasteiger partial charge in [0.25, 0.3) is 5.91 Å². The van der Waals surface area contributed by atoms with Gasteiger partial charge in [0.15, 0.2) is 11.6 Å². The van der Waals surface area contributed by atoms with E-state index in [1.165, 1.54) is 0 Å². The molecule has 27 heavy (non-hydrogen) atoms. The summed E-state index contributed by atoms with van der Waals surface area (Å²) in [4.78, 5) is 15.9. The van der Waals surface area contributed by atoms with Gasteiger partial charge >= 0.3 is 0 Å². The highest BCUT2D eigenvalue weighted by Gasteiger charge is 2.18. The van der Waals surface area contributed by atoms with Crippen LogP contribution in [0.25, 0.3) is 0 Å². The van der Waals surface area contributed by atoms with Crippen LogP contribution in [0, 0.1) is 0 Å². The van der Waals surface area contributed by atoms with Crippen LogP contribution < -0.4 is 11.1 Å². The van der Waals surface area contributed by atoms with Gasteiger partial charge in [-0.05, 0) is 18.2 Å². The topological polar surface area (TPSA) is 157 Å². The first-order valence-corrected chi connectivity index (χ1v) is 7.92. The van der Waals surface area contributed by atoms with Crippen molar-refractivity contribution in [3.05, 3.63) is 52.5 Å². The molecule has 0 saturated heterocycles. The molecule has 1 aromatic heterocycles. The number of aromatic nitrogens is 2. The number of anilines is 2. The average molecular weight is 388 g/mol. The van der Waals surface area contributed by atoms with Crippen molar-refractivity contribution < 1.29 is 20.1 Å². The number of benzene rings is 2. The summed E-state index contributed by atoms with van der Waals surface area (Å²) in [5, 5.41) is 38.9. The molecule has 0 aliphatic heterocycles. The van der Waals surface area contributed by atoms with Gasteiger partial charge in [0.1, 0.15) is 22.8 Å². The number of hydrogen-bond acceptors (Lipinski definition) is 7. The zero-order chi connectivity index (χ0) is 19.6. The van der Waals surface area contributed by atoms with Gasteiger partial charge < -0.3 is 26.4 Å². The molecule has 7 N–H and O–H groups in total. The summed E-state index contributed by atoms with van der Waals surface area (Å²) in [7, 11) is 0. The van der Waals surface area contributed by atoms with Crippen molar-refractivity contribution in [2.24, 2.45) is 10.7 Å². The van der Waals surface area contributed by atoms with Crippen molar-refractivity contribution in [1.82, 2.24) is 10.2 Å². The Morgan fingerprint density at radius 3 is 2.56 bits per heavy atom. The number of H-pyrrole nitrogens is 1. The Hall–Kier alpha value is -3.72. The summed E-state index contributed by atoms with van der Waals surface area (Å²) in [6, 6.07) is 8.84. The SMILES string of the molecule is NC(=O)c1c(Nc2cccc(Cl)c2)n[nH]c1/N=C/c1c(O)cc(O)cc1O. The number of aromatic hydroxyl groups is 3. The Kier molecular flexibility index (Phi) is 4.86. The first-order chi connectivity index (χ1) is 12.8. The minimum atomic E-state index is -0.792.